The quantitative estimate of drug-likeness (QED) is 0.848. The average Bonchev–Trinajstić information content (AvgIpc) is 2.43. The summed E-state index contributed by atoms with van der Waals surface area (Å²) < 4.78 is 2.21. The molecule has 4 nitrogen and oxygen atoms in total. The van der Waals surface area contributed by atoms with Crippen molar-refractivity contribution in [3.8, 4) is 0 Å². The fourth-order valence-electron chi connectivity index (χ4n) is 1.44. The lowest BCUT2D eigenvalue weighted by molar-refractivity contribution is 0.0699. The molecule has 0 bridgehead atoms. The number of carboxylic acids is 1. The lowest BCUT2D eigenvalue weighted by Gasteiger charge is -1.97. The van der Waals surface area contributed by atoms with Crippen molar-refractivity contribution in [3.63, 3.8) is 0 Å². The van der Waals surface area contributed by atoms with Crippen molar-refractivity contribution < 1.29 is 9.90 Å². The summed E-state index contributed by atoms with van der Waals surface area (Å²) >= 11 is 3.24. The molecular weight excluding hydrogens is 248 g/mol. The summed E-state index contributed by atoms with van der Waals surface area (Å²) in [5.74, 6) is -0.940. The molecule has 5 heteroatoms. The summed E-state index contributed by atoms with van der Waals surface area (Å²) in [4.78, 5) is 10.9. The SMILES string of the molecule is Cn1nc(Br)c2c(C(=O)O)cccc21. The molecule has 14 heavy (non-hydrogen) atoms. The first-order valence-electron chi connectivity index (χ1n) is 3.96. The van der Waals surface area contributed by atoms with Crippen LogP contribution in [0.25, 0.3) is 10.9 Å². The molecule has 1 heterocycles. The van der Waals surface area contributed by atoms with Crippen molar-refractivity contribution in [3.05, 3.63) is 28.4 Å². The second kappa shape index (κ2) is 3.09. The smallest absolute Gasteiger partial charge is 0.336 e. The van der Waals surface area contributed by atoms with E-state index in [0.717, 1.165) is 5.52 Å². The fourth-order valence-corrected chi connectivity index (χ4v) is 2.09. The number of aromatic carboxylic acids is 1. The van der Waals surface area contributed by atoms with E-state index in [0.29, 0.717) is 9.99 Å². The van der Waals surface area contributed by atoms with Gasteiger partial charge in [-0.1, -0.05) is 6.07 Å². The molecule has 0 radical (unpaired) electrons. The van der Waals surface area contributed by atoms with Crippen molar-refractivity contribution in [2.75, 3.05) is 0 Å². The number of carbonyl (C=O) groups is 1. The summed E-state index contributed by atoms with van der Waals surface area (Å²) in [5, 5.41) is 13.7. The summed E-state index contributed by atoms with van der Waals surface area (Å²) in [7, 11) is 1.78. The minimum Gasteiger partial charge on any atom is -0.478 e. The van der Waals surface area contributed by atoms with Crippen molar-refractivity contribution >= 4 is 32.8 Å². The molecule has 1 aromatic carbocycles. The van der Waals surface area contributed by atoms with Gasteiger partial charge in [0.1, 0.15) is 4.60 Å². The predicted octanol–water partition coefficient (Wildman–Crippen LogP) is 2.03. The molecule has 0 fully saturated rings. The molecule has 1 aromatic heterocycles. The van der Waals surface area contributed by atoms with E-state index in [9.17, 15) is 4.79 Å². The van der Waals surface area contributed by atoms with E-state index in [-0.39, 0.29) is 5.56 Å². The van der Waals surface area contributed by atoms with Gasteiger partial charge in [-0.15, -0.1) is 0 Å². The number of hydrogen-bond acceptors (Lipinski definition) is 2. The highest BCUT2D eigenvalue weighted by Crippen LogP contribution is 2.26. The van der Waals surface area contributed by atoms with Crippen LogP contribution in [0.5, 0.6) is 0 Å². The lowest BCUT2D eigenvalue weighted by Crippen LogP contribution is -1.97. The molecule has 0 aliphatic rings. The number of rotatable bonds is 1. The van der Waals surface area contributed by atoms with Crippen LogP contribution in [-0.2, 0) is 7.05 Å². The Balaban J connectivity index is 2.92. The van der Waals surface area contributed by atoms with Crippen molar-refractivity contribution in [2.24, 2.45) is 7.05 Å². The molecule has 72 valence electrons. The van der Waals surface area contributed by atoms with Gasteiger partial charge in [0.25, 0.3) is 0 Å². The Kier molecular flexibility index (Phi) is 2.03. The standard InChI is InChI=1S/C9H7BrN2O2/c1-12-6-4-2-3-5(9(13)14)7(6)8(10)11-12/h2-4H,1H3,(H,13,14). The molecule has 2 rings (SSSR count). The number of aryl methyl sites for hydroxylation is 1. The van der Waals surface area contributed by atoms with Gasteiger partial charge in [0, 0.05) is 12.4 Å². The largest absolute Gasteiger partial charge is 0.478 e. The van der Waals surface area contributed by atoms with Crippen LogP contribution in [-0.4, -0.2) is 20.9 Å². The molecule has 0 amide bonds. The van der Waals surface area contributed by atoms with Crippen LogP contribution in [0, 0.1) is 0 Å². The van der Waals surface area contributed by atoms with Crippen molar-refractivity contribution in [1.29, 1.82) is 0 Å². The van der Waals surface area contributed by atoms with Gasteiger partial charge < -0.3 is 5.11 Å². The Morgan fingerprint density at radius 1 is 1.57 bits per heavy atom. The van der Waals surface area contributed by atoms with Crippen LogP contribution >= 0.6 is 15.9 Å². The summed E-state index contributed by atoms with van der Waals surface area (Å²) in [6.45, 7) is 0. The molecule has 0 aliphatic heterocycles. The molecule has 2 aromatic rings. The van der Waals surface area contributed by atoms with Gasteiger partial charge in [0.05, 0.1) is 11.1 Å². The number of carboxylic acid groups (broad SMARTS) is 1. The van der Waals surface area contributed by atoms with E-state index >= 15 is 0 Å². The Labute approximate surface area is 88.3 Å². The number of halogens is 1. The number of nitrogens with zero attached hydrogens (tertiary/aromatic N) is 2. The Morgan fingerprint density at radius 3 is 2.93 bits per heavy atom. The highest BCUT2D eigenvalue weighted by molar-refractivity contribution is 9.10. The molecule has 0 spiro atoms. The summed E-state index contributed by atoms with van der Waals surface area (Å²) in [6.07, 6.45) is 0. The van der Waals surface area contributed by atoms with E-state index in [1.807, 2.05) is 6.07 Å². The second-order valence-electron chi connectivity index (χ2n) is 2.92. The van der Waals surface area contributed by atoms with Crippen molar-refractivity contribution in [1.82, 2.24) is 9.78 Å². The molecule has 0 saturated carbocycles. The van der Waals surface area contributed by atoms with Crippen LogP contribution in [0.2, 0.25) is 0 Å². The third kappa shape index (κ3) is 1.21. The Bertz CT molecular complexity index is 519. The summed E-state index contributed by atoms with van der Waals surface area (Å²) in [5.41, 5.74) is 1.07. The fraction of sp³-hybridized carbons (Fsp3) is 0.111. The number of aromatic nitrogens is 2. The third-order valence-corrected chi connectivity index (χ3v) is 2.62. The molecular formula is C9H7BrN2O2. The molecule has 0 saturated heterocycles. The average molecular weight is 255 g/mol. The maximum absolute atomic E-state index is 10.9. The van der Waals surface area contributed by atoms with Crippen LogP contribution in [0.3, 0.4) is 0 Å². The van der Waals surface area contributed by atoms with E-state index in [2.05, 4.69) is 21.0 Å². The monoisotopic (exact) mass is 254 g/mol. The Morgan fingerprint density at radius 2 is 2.29 bits per heavy atom. The maximum atomic E-state index is 10.9. The second-order valence-corrected chi connectivity index (χ2v) is 3.67. The lowest BCUT2D eigenvalue weighted by atomic mass is 10.1. The van der Waals surface area contributed by atoms with Gasteiger partial charge in [-0.2, -0.15) is 5.10 Å². The maximum Gasteiger partial charge on any atom is 0.336 e. The van der Waals surface area contributed by atoms with Crippen LogP contribution in [0.4, 0.5) is 0 Å². The Hall–Kier alpha value is -1.36. The highest BCUT2D eigenvalue weighted by Gasteiger charge is 2.14. The molecule has 0 unspecified atom stereocenters. The minimum atomic E-state index is -0.940. The van der Waals surface area contributed by atoms with Gasteiger partial charge in [0.15, 0.2) is 0 Å². The van der Waals surface area contributed by atoms with E-state index < -0.39 is 5.97 Å². The van der Waals surface area contributed by atoms with E-state index in [4.69, 9.17) is 5.11 Å². The van der Waals surface area contributed by atoms with Gasteiger partial charge in [-0.3, -0.25) is 4.68 Å². The van der Waals surface area contributed by atoms with E-state index in [1.165, 1.54) is 0 Å². The van der Waals surface area contributed by atoms with Crippen LogP contribution < -0.4 is 0 Å². The van der Waals surface area contributed by atoms with Gasteiger partial charge in [-0.05, 0) is 28.1 Å². The number of benzene rings is 1. The minimum absolute atomic E-state index is 0.266. The third-order valence-electron chi connectivity index (χ3n) is 2.07. The van der Waals surface area contributed by atoms with Gasteiger partial charge >= 0.3 is 5.97 Å². The first-order chi connectivity index (χ1) is 6.61. The van der Waals surface area contributed by atoms with Crippen LogP contribution in [0.1, 0.15) is 10.4 Å². The van der Waals surface area contributed by atoms with Gasteiger partial charge in [0.2, 0.25) is 0 Å². The topological polar surface area (TPSA) is 55.1 Å². The first kappa shape index (κ1) is 9.21. The molecule has 1 N–H and O–H groups in total. The molecule has 0 aliphatic carbocycles. The van der Waals surface area contributed by atoms with Crippen molar-refractivity contribution in [2.45, 2.75) is 0 Å². The zero-order valence-corrected chi connectivity index (χ0v) is 8.95. The predicted molar refractivity (Wildman–Crippen MR) is 55.4 cm³/mol. The van der Waals surface area contributed by atoms with Crippen LogP contribution in [0.15, 0.2) is 22.8 Å². The summed E-state index contributed by atoms with van der Waals surface area (Å²) in [6, 6.07) is 5.11. The zero-order valence-electron chi connectivity index (χ0n) is 7.36. The highest BCUT2D eigenvalue weighted by atomic mass is 79.9. The normalized spacial score (nSPS) is 10.7. The molecule has 0 atom stereocenters. The number of hydrogen-bond donors (Lipinski definition) is 1. The first-order valence-corrected chi connectivity index (χ1v) is 4.75. The van der Waals surface area contributed by atoms with E-state index in [1.54, 1.807) is 23.9 Å². The zero-order chi connectivity index (χ0) is 10.3. The van der Waals surface area contributed by atoms with Gasteiger partial charge in [-0.25, -0.2) is 4.79 Å². The number of fused-ring (bicyclic) bond motifs is 1.